The highest BCUT2D eigenvalue weighted by molar-refractivity contribution is 5.77. The van der Waals surface area contributed by atoms with Gasteiger partial charge in [0.25, 0.3) is 5.56 Å². The zero-order valence-electron chi connectivity index (χ0n) is 13.0. The van der Waals surface area contributed by atoms with Crippen LogP contribution in [0.4, 0.5) is 0 Å². The molecule has 0 spiro atoms. The van der Waals surface area contributed by atoms with Gasteiger partial charge in [0.2, 0.25) is 5.91 Å². The van der Waals surface area contributed by atoms with Crippen LogP contribution in [0.2, 0.25) is 0 Å². The second-order valence-corrected chi connectivity index (χ2v) is 5.90. The average Bonchev–Trinajstić information content (AvgIpc) is 2.60. The summed E-state index contributed by atoms with van der Waals surface area (Å²) >= 11 is 0. The van der Waals surface area contributed by atoms with Gasteiger partial charge >= 0.3 is 0 Å². The summed E-state index contributed by atoms with van der Waals surface area (Å²) in [7, 11) is 0. The van der Waals surface area contributed by atoms with Gasteiger partial charge in [-0.15, -0.1) is 5.10 Å². The second kappa shape index (κ2) is 7.32. The zero-order valence-corrected chi connectivity index (χ0v) is 13.0. The Morgan fingerprint density at radius 2 is 2.26 bits per heavy atom. The Kier molecular flexibility index (Phi) is 4.97. The third-order valence-electron chi connectivity index (χ3n) is 4.17. The van der Waals surface area contributed by atoms with E-state index >= 15 is 0 Å². The molecule has 1 fully saturated rings. The summed E-state index contributed by atoms with van der Waals surface area (Å²) in [4.78, 5) is 24.2. The van der Waals surface area contributed by atoms with Crippen molar-refractivity contribution in [2.24, 2.45) is 5.92 Å². The Bertz CT molecular complexity index is 737. The van der Waals surface area contributed by atoms with Crippen molar-refractivity contribution in [2.45, 2.75) is 25.8 Å². The van der Waals surface area contributed by atoms with Crippen LogP contribution in [0, 0.1) is 5.92 Å². The lowest BCUT2D eigenvalue weighted by Gasteiger charge is -2.22. The van der Waals surface area contributed by atoms with Crippen LogP contribution in [0.3, 0.4) is 0 Å². The molecule has 1 aliphatic rings. The van der Waals surface area contributed by atoms with Gasteiger partial charge in [0.1, 0.15) is 5.52 Å². The molecule has 0 saturated carbocycles. The van der Waals surface area contributed by atoms with Crippen molar-refractivity contribution < 1.29 is 4.79 Å². The molecule has 1 aliphatic heterocycles. The minimum absolute atomic E-state index is 0.0579. The van der Waals surface area contributed by atoms with E-state index in [0.717, 1.165) is 25.9 Å². The first-order valence-corrected chi connectivity index (χ1v) is 8.04. The number of amides is 1. The summed E-state index contributed by atoms with van der Waals surface area (Å²) < 4.78 is 1.25. The van der Waals surface area contributed by atoms with Crippen molar-refractivity contribution >= 4 is 16.8 Å². The third-order valence-corrected chi connectivity index (χ3v) is 4.17. The number of carbonyl (C=O) groups excluding carboxylic acids is 1. The Hall–Kier alpha value is -2.28. The summed E-state index contributed by atoms with van der Waals surface area (Å²) in [5.74, 6) is 0.438. The van der Waals surface area contributed by atoms with Crippen LogP contribution in [-0.2, 0) is 11.3 Å². The van der Waals surface area contributed by atoms with Crippen LogP contribution in [0.15, 0.2) is 29.1 Å². The van der Waals surface area contributed by atoms with E-state index in [1.807, 2.05) is 6.07 Å². The van der Waals surface area contributed by atoms with Gasteiger partial charge in [0, 0.05) is 13.0 Å². The van der Waals surface area contributed by atoms with Crippen molar-refractivity contribution in [3.05, 3.63) is 34.6 Å². The standard InChI is InChI=1S/C16H21N5O2/c22-15(18-11-12-4-3-8-17-10-12)7-9-21-16(23)13-5-1-2-6-14(13)19-20-21/h1-2,5-6,12,17H,3-4,7-11H2,(H,18,22). The van der Waals surface area contributed by atoms with Crippen LogP contribution in [0.25, 0.3) is 10.9 Å². The number of nitrogens with one attached hydrogen (secondary N) is 2. The van der Waals surface area contributed by atoms with E-state index in [-0.39, 0.29) is 24.4 Å². The predicted molar refractivity (Wildman–Crippen MR) is 87.0 cm³/mol. The van der Waals surface area contributed by atoms with Gasteiger partial charge in [-0.3, -0.25) is 9.59 Å². The van der Waals surface area contributed by atoms with Gasteiger partial charge in [-0.2, -0.15) is 0 Å². The molecule has 7 nitrogen and oxygen atoms in total. The first kappa shape index (κ1) is 15.6. The van der Waals surface area contributed by atoms with E-state index in [9.17, 15) is 9.59 Å². The number of fused-ring (bicyclic) bond motifs is 1. The third kappa shape index (κ3) is 3.92. The second-order valence-electron chi connectivity index (χ2n) is 5.90. The maximum absolute atomic E-state index is 12.3. The van der Waals surface area contributed by atoms with Crippen LogP contribution in [0.1, 0.15) is 19.3 Å². The fourth-order valence-corrected chi connectivity index (χ4v) is 2.82. The van der Waals surface area contributed by atoms with E-state index in [1.165, 1.54) is 4.68 Å². The van der Waals surface area contributed by atoms with E-state index in [1.54, 1.807) is 18.2 Å². The molecule has 2 heterocycles. The van der Waals surface area contributed by atoms with Gasteiger partial charge in [-0.1, -0.05) is 17.3 Å². The highest BCUT2D eigenvalue weighted by Gasteiger charge is 2.14. The predicted octanol–water partition coefficient (Wildman–Crippen LogP) is 0.297. The summed E-state index contributed by atoms with van der Waals surface area (Å²) in [5, 5.41) is 14.7. The lowest BCUT2D eigenvalue weighted by atomic mass is 10.00. The number of piperidine rings is 1. The van der Waals surface area contributed by atoms with Crippen LogP contribution >= 0.6 is 0 Å². The number of benzene rings is 1. The van der Waals surface area contributed by atoms with Crippen molar-refractivity contribution in [1.29, 1.82) is 0 Å². The maximum Gasteiger partial charge on any atom is 0.277 e. The summed E-state index contributed by atoms with van der Waals surface area (Å²) in [5.41, 5.74) is 0.364. The van der Waals surface area contributed by atoms with Crippen LogP contribution in [0.5, 0.6) is 0 Å². The first-order chi connectivity index (χ1) is 11.2. The number of hydrogen-bond acceptors (Lipinski definition) is 5. The fraction of sp³-hybridized carbons (Fsp3) is 0.500. The van der Waals surface area contributed by atoms with Crippen molar-refractivity contribution in [3.63, 3.8) is 0 Å². The smallest absolute Gasteiger partial charge is 0.277 e. The summed E-state index contributed by atoms with van der Waals surface area (Å²) in [6, 6.07) is 7.08. The molecular weight excluding hydrogens is 294 g/mol. The quantitative estimate of drug-likeness (QED) is 0.828. The molecular formula is C16H21N5O2. The van der Waals surface area contributed by atoms with E-state index in [4.69, 9.17) is 0 Å². The normalized spacial score (nSPS) is 18.0. The zero-order chi connectivity index (χ0) is 16.1. The van der Waals surface area contributed by atoms with Gasteiger partial charge in [-0.25, -0.2) is 4.68 Å². The maximum atomic E-state index is 12.3. The van der Waals surface area contributed by atoms with E-state index < -0.39 is 0 Å². The number of carbonyl (C=O) groups is 1. The van der Waals surface area contributed by atoms with Gasteiger partial charge in [0.05, 0.1) is 11.9 Å². The highest BCUT2D eigenvalue weighted by atomic mass is 16.2. The number of hydrogen-bond donors (Lipinski definition) is 2. The fourth-order valence-electron chi connectivity index (χ4n) is 2.82. The lowest BCUT2D eigenvalue weighted by Crippen LogP contribution is -2.38. The monoisotopic (exact) mass is 315 g/mol. The Labute approximate surface area is 134 Å². The molecule has 1 unspecified atom stereocenters. The Balaban J connectivity index is 1.54. The largest absolute Gasteiger partial charge is 0.356 e. The van der Waals surface area contributed by atoms with E-state index in [2.05, 4.69) is 20.9 Å². The van der Waals surface area contributed by atoms with Gasteiger partial charge in [-0.05, 0) is 44.0 Å². The molecule has 1 saturated heterocycles. The number of rotatable bonds is 5. The molecule has 3 rings (SSSR count). The van der Waals surface area contributed by atoms with Crippen molar-refractivity contribution in [1.82, 2.24) is 25.6 Å². The summed E-state index contributed by atoms with van der Waals surface area (Å²) in [6.07, 6.45) is 2.53. The number of nitrogens with zero attached hydrogens (tertiary/aromatic N) is 3. The Morgan fingerprint density at radius 3 is 3.09 bits per heavy atom. The molecule has 1 aromatic heterocycles. The minimum atomic E-state index is -0.208. The molecule has 122 valence electrons. The molecule has 1 amide bonds. The van der Waals surface area contributed by atoms with Crippen molar-refractivity contribution in [2.75, 3.05) is 19.6 Å². The Morgan fingerprint density at radius 1 is 1.39 bits per heavy atom. The topological polar surface area (TPSA) is 88.9 Å². The van der Waals surface area contributed by atoms with Crippen molar-refractivity contribution in [3.8, 4) is 0 Å². The first-order valence-electron chi connectivity index (χ1n) is 8.04. The average molecular weight is 315 g/mol. The molecule has 0 bridgehead atoms. The molecule has 1 aromatic carbocycles. The minimum Gasteiger partial charge on any atom is -0.356 e. The van der Waals surface area contributed by atoms with Gasteiger partial charge < -0.3 is 10.6 Å². The molecule has 2 aromatic rings. The summed E-state index contributed by atoms with van der Waals surface area (Å²) in [6.45, 7) is 2.94. The molecule has 23 heavy (non-hydrogen) atoms. The van der Waals surface area contributed by atoms with Crippen LogP contribution in [-0.4, -0.2) is 40.5 Å². The number of aromatic nitrogens is 3. The highest BCUT2D eigenvalue weighted by Crippen LogP contribution is 2.08. The molecule has 2 N–H and O–H groups in total. The van der Waals surface area contributed by atoms with Gasteiger partial charge in [0.15, 0.2) is 0 Å². The molecule has 0 aliphatic carbocycles. The van der Waals surface area contributed by atoms with E-state index in [0.29, 0.717) is 23.4 Å². The molecule has 1 atom stereocenters. The number of aryl methyl sites for hydroxylation is 1. The molecule has 0 radical (unpaired) electrons. The molecule has 7 heteroatoms. The lowest BCUT2D eigenvalue weighted by molar-refractivity contribution is -0.121. The SMILES string of the molecule is O=C(CCn1nnc2ccccc2c1=O)NCC1CCCNC1. The van der Waals surface area contributed by atoms with Crippen LogP contribution < -0.4 is 16.2 Å².